The van der Waals surface area contributed by atoms with E-state index in [1.165, 1.54) is 16.9 Å². The minimum absolute atomic E-state index is 0.0707. The summed E-state index contributed by atoms with van der Waals surface area (Å²) < 4.78 is 0. The van der Waals surface area contributed by atoms with Crippen LogP contribution in [0.4, 0.5) is 0 Å². The van der Waals surface area contributed by atoms with Crippen molar-refractivity contribution in [1.29, 1.82) is 0 Å². The van der Waals surface area contributed by atoms with Crippen LogP contribution in [-0.4, -0.2) is 17.8 Å². The number of amides is 1. The van der Waals surface area contributed by atoms with Crippen molar-refractivity contribution in [1.82, 2.24) is 5.32 Å². The van der Waals surface area contributed by atoms with E-state index in [4.69, 9.17) is 11.6 Å². The molecule has 17 heavy (non-hydrogen) atoms. The van der Waals surface area contributed by atoms with Crippen molar-refractivity contribution in [2.24, 2.45) is 0 Å². The van der Waals surface area contributed by atoms with E-state index in [1.807, 2.05) is 0 Å². The van der Waals surface area contributed by atoms with Gasteiger partial charge in [-0.1, -0.05) is 6.92 Å². The van der Waals surface area contributed by atoms with E-state index in [2.05, 4.69) is 18.3 Å². The topological polar surface area (TPSA) is 29.1 Å². The number of halogens is 1. The molecular formula is C13H18ClNOS. The zero-order valence-corrected chi connectivity index (χ0v) is 11.7. The summed E-state index contributed by atoms with van der Waals surface area (Å²) in [6.45, 7) is 2.08. The molecule has 2 nitrogen and oxygen atoms in total. The van der Waals surface area contributed by atoms with Gasteiger partial charge in [0.05, 0.1) is 4.88 Å². The van der Waals surface area contributed by atoms with Crippen molar-refractivity contribution in [3.8, 4) is 0 Å². The van der Waals surface area contributed by atoms with E-state index < -0.39 is 0 Å². The molecule has 4 heteroatoms. The van der Waals surface area contributed by atoms with Gasteiger partial charge in [0, 0.05) is 16.8 Å². The van der Waals surface area contributed by atoms with Gasteiger partial charge in [0.15, 0.2) is 0 Å². The number of carbonyl (C=O) groups is 1. The molecule has 1 aromatic heterocycles. The molecule has 1 atom stereocenters. The highest BCUT2D eigenvalue weighted by molar-refractivity contribution is 7.14. The number of hydrogen-bond acceptors (Lipinski definition) is 2. The van der Waals surface area contributed by atoms with Crippen LogP contribution in [0.3, 0.4) is 0 Å². The van der Waals surface area contributed by atoms with E-state index in [-0.39, 0.29) is 11.9 Å². The van der Waals surface area contributed by atoms with Crippen molar-refractivity contribution in [2.75, 3.05) is 5.88 Å². The summed E-state index contributed by atoms with van der Waals surface area (Å²) in [7, 11) is 0. The number of alkyl halides is 1. The quantitative estimate of drug-likeness (QED) is 0.818. The Bertz CT molecular complexity index is 381. The monoisotopic (exact) mass is 271 g/mol. The SMILES string of the molecule is CCC(CCCl)NC(=O)c1cc2c(s1)CCC2. The Balaban J connectivity index is 1.99. The molecule has 1 amide bonds. The van der Waals surface area contributed by atoms with E-state index in [0.29, 0.717) is 5.88 Å². The standard InChI is InChI=1S/C13H18ClNOS/c1-2-10(6-7-14)15-13(16)12-8-9-4-3-5-11(9)17-12/h8,10H,2-7H2,1H3,(H,15,16). The van der Waals surface area contributed by atoms with E-state index >= 15 is 0 Å². The lowest BCUT2D eigenvalue weighted by Gasteiger charge is -2.14. The molecule has 1 unspecified atom stereocenters. The van der Waals surface area contributed by atoms with E-state index in [1.54, 1.807) is 11.3 Å². The number of hydrogen-bond donors (Lipinski definition) is 1. The summed E-state index contributed by atoms with van der Waals surface area (Å²) in [5.41, 5.74) is 1.38. The highest BCUT2D eigenvalue weighted by Gasteiger charge is 2.19. The maximum absolute atomic E-state index is 12.1. The summed E-state index contributed by atoms with van der Waals surface area (Å²) in [4.78, 5) is 14.3. The fourth-order valence-electron chi connectivity index (χ4n) is 2.21. The average Bonchev–Trinajstić information content (AvgIpc) is 2.88. The smallest absolute Gasteiger partial charge is 0.261 e. The molecule has 0 spiro atoms. The predicted octanol–water partition coefficient (Wildman–Crippen LogP) is 3.37. The first-order chi connectivity index (χ1) is 8.24. The lowest BCUT2D eigenvalue weighted by Crippen LogP contribution is -2.34. The van der Waals surface area contributed by atoms with Crippen molar-refractivity contribution in [3.63, 3.8) is 0 Å². The van der Waals surface area contributed by atoms with Crippen LogP contribution in [0.15, 0.2) is 6.07 Å². The number of rotatable bonds is 5. The molecule has 94 valence electrons. The predicted molar refractivity (Wildman–Crippen MR) is 73.2 cm³/mol. The lowest BCUT2D eigenvalue weighted by atomic mass is 10.1. The fourth-order valence-corrected chi connectivity index (χ4v) is 3.63. The highest BCUT2D eigenvalue weighted by atomic mass is 35.5. The van der Waals surface area contributed by atoms with Gasteiger partial charge in [0.25, 0.3) is 5.91 Å². The second-order valence-corrected chi connectivity index (χ2v) is 5.98. The van der Waals surface area contributed by atoms with E-state index in [9.17, 15) is 4.79 Å². The molecule has 1 heterocycles. The molecule has 0 aliphatic heterocycles. The molecule has 1 N–H and O–H groups in total. The van der Waals surface area contributed by atoms with Gasteiger partial charge in [-0.3, -0.25) is 4.79 Å². The molecule has 0 fully saturated rings. The zero-order chi connectivity index (χ0) is 12.3. The van der Waals surface area contributed by atoms with Gasteiger partial charge in [0.1, 0.15) is 0 Å². The molecule has 1 aliphatic rings. The third kappa shape index (κ3) is 3.02. The van der Waals surface area contributed by atoms with Gasteiger partial charge >= 0.3 is 0 Å². The minimum Gasteiger partial charge on any atom is -0.349 e. The molecule has 1 aromatic rings. The fraction of sp³-hybridized carbons (Fsp3) is 0.615. The Morgan fingerprint density at radius 3 is 3.06 bits per heavy atom. The summed E-state index contributed by atoms with van der Waals surface area (Å²) in [5.74, 6) is 0.668. The minimum atomic E-state index is 0.0707. The van der Waals surface area contributed by atoms with Crippen LogP contribution < -0.4 is 5.32 Å². The lowest BCUT2D eigenvalue weighted by molar-refractivity contribution is 0.0939. The number of carbonyl (C=O) groups excluding carboxylic acids is 1. The second kappa shape index (κ2) is 5.87. The molecule has 0 radical (unpaired) electrons. The Labute approximate surface area is 111 Å². The molecular weight excluding hydrogens is 254 g/mol. The Morgan fingerprint density at radius 1 is 1.59 bits per heavy atom. The van der Waals surface area contributed by atoms with Crippen LogP contribution >= 0.6 is 22.9 Å². The van der Waals surface area contributed by atoms with Crippen LogP contribution in [0.25, 0.3) is 0 Å². The summed E-state index contributed by atoms with van der Waals surface area (Å²) in [6, 6.07) is 2.27. The number of nitrogens with one attached hydrogen (secondary N) is 1. The Morgan fingerprint density at radius 2 is 2.41 bits per heavy atom. The van der Waals surface area contributed by atoms with Gasteiger partial charge in [-0.2, -0.15) is 0 Å². The largest absolute Gasteiger partial charge is 0.349 e. The van der Waals surface area contributed by atoms with Crippen molar-refractivity contribution < 1.29 is 4.79 Å². The van der Waals surface area contributed by atoms with Gasteiger partial charge < -0.3 is 5.32 Å². The van der Waals surface area contributed by atoms with Crippen molar-refractivity contribution in [2.45, 2.75) is 45.1 Å². The van der Waals surface area contributed by atoms with Gasteiger partial charge in [0.2, 0.25) is 0 Å². The number of fused-ring (bicyclic) bond motifs is 1. The second-order valence-electron chi connectivity index (χ2n) is 4.47. The highest BCUT2D eigenvalue weighted by Crippen LogP contribution is 2.30. The molecule has 0 aromatic carbocycles. The van der Waals surface area contributed by atoms with Crippen LogP contribution in [0.2, 0.25) is 0 Å². The van der Waals surface area contributed by atoms with Gasteiger partial charge in [-0.25, -0.2) is 0 Å². The van der Waals surface area contributed by atoms with Crippen LogP contribution in [0.1, 0.15) is 46.3 Å². The number of aryl methyl sites for hydroxylation is 2. The van der Waals surface area contributed by atoms with Crippen molar-refractivity contribution in [3.05, 3.63) is 21.4 Å². The van der Waals surface area contributed by atoms with E-state index in [0.717, 1.165) is 30.6 Å². The first-order valence-electron chi connectivity index (χ1n) is 6.23. The molecule has 0 saturated heterocycles. The summed E-state index contributed by atoms with van der Waals surface area (Å²) in [6.07, 6.45) is 5.30. The third-order valence-corrected chi connectivity index (χ3v) is 4.71. The normalized spacial score (nSPS) is 15.6. The van der Waals surface area contributed by atoms with Crippen LogP contribution in [0, 0.1) is 0 Å². The van der Waals surface area contributed by atoms with Gasteiger partial charge in [-0.05, 0) is 43.7 Å². The maximum atomic E-state index is 12.1. The molecule has 0 bridgehead atoms. The Kier molecular flexibility index (Phi) is 4.46. The number of thiophene rings is 1. The van der Waals surface area contributed by atoms with Crippen LogP contribution in [0.5, 0.6) is 0 Å². The Hall–Kier alpha value is -0.540. The summed E-state index contributed by atoms with van der Waals surface area (Å²) in [5, 5.41) is 3.06. The first kappa shape index (κ1) is 12.9. The molecule has 1 aliphatic carbocycles. The zero-order valence-electron chi connectivity index (χ0n) is 10.1. The van der Waals surface area contributed by atoms with Crippen molar-refractivity contribution >= 4 is 28.8 Å². The maximum Gasteiger partial charge on any atom is 0.261 e. The molecule has 2 rings (SSSR count). The van der Waals surface area contributed by atoms with Crippen LogP contribution in [-0.2, 0) is 12.8 Å². The molecule has 0 saturated carbocycles. The first-order valence-corrected chi connectivity index (χ1v) is 7.58. The van der Waals surface area contributed by atoms with Gasteiger partial charge in [-0.15, -0.1) is 22.9 Å². The summed E-state index contributed by atoms with van der Waals surface area (Å²) >= 11 is 7.37. The third-order valence-electron chi connectivity index (χ3n) is 3.26. The average molecular weight is 272 g/mol.